The molecular formula is C24H36N4O4S. The molecule has 8 nitrogen and oxygen atoms in total. The van der Waals surface area contributed by atoms with Crippen molar-refractivity contribution >= 4 is 27.2 Å². The van der Waals surface area contributed by atoms with Gasteiger partial charge in [0.15, 0.2) is 9.84 Å². The fourth-order valence-corrected chi connectivity index (χ4v) is 7.26. The molecule has 5 aliphatic heterocycles. The molecule has 1 aromatic carbocycles. The van der Waals surface area contributed by atoms with Crippen molar-refractivity contribution in [1.29, 1.82) is 0 Å². The zero-order chi connectivity index (χ0) is 23.2. The van der Waals surface area contributed by atoms with Crippen LogP contribution in [0.1, 0.15) is 20.3 Å². The molecule has 0 unspecified atom stereocenters. The van der Waals surface area contributed by atoms with E-state index >= 15 is 0 Å². The fraction of sp³-hybridized carbons (Fsp3) is 0.708. The molecule has 2 amide bonds. The van der Waals surface area contributed by atoms with Crippen LogP contribution in [0.5, 0.6) is 0 Å². The molecule has 5 aliphatic rings. The first-order valence-corrected chi connectivity index (χ1v) is 14.0. The van der Waals surface area contributed by atoms with Gasteiger partial charge in [-0.05, 0) is 42.0 Å². The lowest BCUT2D eigenvalue weighted by Gasteiger charge is -2.48. The van der Waals surface area contributed by atoms with E-state index in [4.69, 9.17) is 4.74 Å². The Kier molecular flexibility index (Phi) is 5.97. The average molecular weight is 477 g/mol. The summed E-state index contributed by atoms with van der Waals surface area (Å²) in [5.41, 5.74) is 2.38. The predicted molar refractivity (Wildman–Crippen MR) is 130 cm³/mol. The molecule has 0 N–H and O–H groups in total. The smallest absolute Gasteiger partial charge is 0.320 e. The summed E-state index contributed by atoms with van der Waals surface area (Å²) in [5.74, 6) is 0.896. The van der Waals surface area contributed by atoms with Crippen LogP contribution < -0.4 is 9.80 Å². The van der Waals surface area contributed by atoms with Gasteiger partial charge in [-0.2, -0.15) is 0 Å². The molecule has 0 aromatic heterocycles. The number of benzene rings is 1. The maximum atomic E-state index is 13.3. The van der Waals surface area contributed by atoms with Crippen molar-refractivity contribution in [2.24, 2.45) is 11.3 Å². The highest BCUT2D eigenvalue weighted by Gasteiger charge is 2.47. The van der Waals surface area contributed by atoms with Crippen LogP contribution in [-0.2, 0) is 14.6 Å². The standard InChI is InChI=1S/C24H36N4O4S/c1-24(2)15-19-16-27(23(29)26-7-11-32-12-8-26)18-22(24)28(17-19)21-5-3-20(4-6-21)25-9-13-33(30,31)14-10-25/h3-6,19,22H,7-18H2,1-2H3/t19-,22-/m1/s1. The molecule has 182 valence electrons. The molecule has 9 heteroatoms. The number of sulfone groups is 1. The average Bonchev–Trinajstić information content (AvgIpc) is 3.06. The third-order valence-electron chi connectivity index (χ3n) is 7.86. The van der Waals surface area contributed by atoms with Crippen LogP contribution in [0.15, 0.2) is 24.3 Å². The van der Waals surface area contributed by atoms with E-state index in [1.807, 2.05) is 4.90 Å². The van der Waals surface area contributed by atoms with Gasteiger partial charge in [0.25, 0.3) is 0 Å². The van der Waals surface area contributed by atoms with E-state index < -0.39 is 9.84 Å². The summed E-state index contributed by atoms with van der Waals surface area (Å²) in [6.45, 7) is 10.9. The van der Waals surface area contributed by atoms with Crippen LogP contribution in [0, 0.1) is 11.3 Å². The number of ether oxygens (including phenoxy) is 1. The van der Waals surface area contributed by atoms with Crippen LogP contribution in [0.4, 0.5) is 16.2 Å². The minimum atomic E-state index is -2.88. The predicted octanol–water partition coefficient (Wildman–Crippen LogP) is 1.91. The SMILES string of the molecule is CC1(C)C[C@@H]2CN(C(=O)N3CCOCC3)C[C@H]1N(c1ccc(N3CCS(=O)(=O)CC3)cc1)C2. The first-order chi connectivity index (χ1) is 15.7. The highest BCUT2D eigenvalue weighted by molar-refractivity contribution is 7.91. The zero-order valence-electron chi connectivity index (χ0n) is 19.8. The van der Waals surface area contributed by atoms with Gasteiger partial charge in [0.1, 0.15) is 0 Å². The minimum absolute atomic E-state index is 0.114. The van der Waals surface area contributed by atoms with Crippen molar-refractivity contribution in [3.63, 3.8) is 0 Å². The molecule has 33 heavy (non-hydrogen) atoms. The monoisotopic (exact) mass is 476 g/mol. The number of fused-ring (bicyclic) bond motifs is 4. The molecule has 5 heterocycles. The third-order valence-corrected chi connectivity index (χ3v) is 9.47. The Hall–Kier alpha value is -2.00. The topological polar surface area (TPSA) is 73.4 Å². The zero-order valence-corrected chi connectivity index (χ0v) is 20.6. The van der Waals surface area contributed by atoms with Crippen LogP contribution in [0.2, 0.25) is 0 Å². The van der Waals surface area contributed by atoms with E-state index in [-0.39, 0.29) is 29.0 Å². The summed E-state index contributed by atoms with van der Waals surface area (Å²) < 4.78 is 29.0. The Balaban J connectivity index is 1.33. The number of urea groups is 1. The van der Waals surface area contributed by atoms with Crippen molar-refractivity contribution in [3.8, 4) is 0 Å². The van der Waals surface area contributed by atoms with Crippen LogP contribution in [-0.4, -0.2) is 101 Å². The largest absolute Gasteiger partial charge is 0.378 e. The first-order valence-electron chi connectivity index (χ1n) is 12.2. The summed E-state index contributed by atoms with van der Waals surface area (Å²) >= 11 is 0. The molecule has 5 saturated heterocycles. The molecule has 0 radical (unpaired) electrons. The van der Waals surface area contributed by atoms with E-state index in [1.165, 1.54) is 5.69 Å². The molecule has 6 rings (SSSR count). The highest BCUT2D eigenvalue weighted by Crippen LogP contribution is 2.43. The van der Waals surface area contributed by atoms with Gasteiger partial charge < -0.3 is 24.3 Å². The number of piperidine rings is 1. The molecule has 0 spiro atoms. The number of amides is 2. The van der Waals surface area contributed by atoms with E-state index in [0.29, 0.717) is 45.3 Å². The summed E-state index contributed by atoms with van der Waals surface area (Å²) in [7, 11) is -2.88. The van der Waals surface area contributed by atoms with Crippen molar-refractivity contribution in [2.75, 3.05) is 80.3 Å². The second-order valence-corrected chi connectivity index (χ2v) is 13.0. The van der Waals surface area contributed by atoms with Gasteiger partial charge in [0, 0.05) is 57.2 Å². The van der Waals surface area contributed by atoms with Crippen molar-refractivity contribution < 1.29 is 17.9 Å². The van der Waals surface area contributed by atoms with E-state index in [0.717, 1.165) is 31.7 Å². The van der Waals surface area contributed by atoms with Gasteiger partial charge in [0.2, 0.25) is 0 Å². The van der Waals surface area contributed by atoms with Gasteiger partial charge in [-0.25, -0.2) is 13.2 Å². The Bertz CT molecular complexity index is 961. The lowest BCUT2D eigenvalue weighted by atomic mass is 9.73. The number of hydrogen-bond donors (Lipinski definition) is 0. The molecule has 1 aromatic rings. The van der Waals surface area contributed by atoms with Crippen LogP contribution >= 0.6 is 0 Å². The third kappa shape index (κ3) is 4.67. The fourth-order valence-electron chi connectivity index (χ4n) is 6.06. The quantitative estimate of drug-likeness (QED) is 0.649. The maximum Gasteiger partial charge on any atom is 0.320 e. The lowest BCUT2D eigenvalue weighted by Crippen LogP contribution is -2.55. The number of carbonyl (C=O) groups is 1. The Morgan fingerprint density at radius 3 is 2.21 bits per heavy atom. The number of carbonyl (C=O) groups excluding carboxylic acids is 1. The molecule has 5 fully saturated rings. The molecular weight excluding hydrogens is 440 g/mol. The van der Waals surface area contributed by atoms with Crippen molar-refractivity contribution in [3.05, 3.63) is 24.3 Å². The number of nitrogens with zero attached hydrogens (tertiary/aromatic N) is 4. The Morgan fingerprint density at radius 2 is 1.55 bits per heavy atom. The van der Waals surface area contributed by atoms with Crippen molar-refractivity contribution in [2.45, 2.75) is 26.3 Å². The minimum Gasteiger partial charge on any atom is -0.378 e. The second kappa shape index (κ2) is 8.65. The van der Waals surface area contributed by atoms with E-state index in [9.17, 15) is 13.2 Å². The van der Waals surface area contributed by atoms with Gasteiger partial charge >= 0.3 is 6.03 Å². The molecule has 2 bridgehead atoms. The van der Waals surface area contributed by atoms with Crippen molar-refractivity contribution in [1.82, 2.24) is 9.80 Å². The number of morpholine rings is 1. The van der Waals surface area contributed by atoms with Gasteiger partial charge in [0.05, 0.1) is 30.8 Å². The lowest BCUT2D eigenvalue weighted by molar-refractivity contribution is 0.0428. The van der Waals surface area contributed by atoms with Gasteiger partial charge in [-0.15, -0.1) is 0 Å². The maximum absolute atomic E-state index is 13.3. The summed E-state index contributed by atoms with van der Waals surface area (Å²) in [4.78, 5) is 22.0. The first kappa shape index (κ1) is 22.8. The molecule has 0 saturated carbocycles. The summed E-state index contributed by atoms with van der Waals surface area (Å²) in [5, 5.41) is 0. The Morgan fingerprint density at radius 1 is 0.909 bits per heavy atom. The van der Waals surface area contributed by atoms with E-state index in [2.05, 4.69) is 52.8 Å². The summed E-state index contributed by atoms with van der Waals surface area (Å²) in [6, 6.07) is 8.99. The van der Waals surface area contributed by atoms with Gasteiger partial charge in [-0.3, -0.25) is 0 Å². The second-order valence-electron chi connectivity index (χ2n) is 10.7. The molecule has 2 atom stereocenters. The summed E-state index contributed by atoms with van der Waals surface area (Å²) in [6.07, 6.45) is 1.13. The van der Waals surface area contributed by atoms with Crippen LogP contribution in [0.25, 0.3) is 0 Å². The van der Waals surface area contributed by atoms with Gasteiger partial charge in [-0.1, -0.05) is 13.8 Å². The number of rotatable bonds is 2. The highest BCUT2D eigenvalue weighted by atomic mass is 32.2. The normalized spacial score (nSPS) is 29.2. The van der Waals surface area contributed by atoms with Crippen LogP contribution in [0.3, 0.4) is 0 Å². The molecule has 0 aliphatic carbocycles. The van der Waals surface area contributed by atoms with E-state index in [1.54, 1.807) is 0 Å². The number of hydrogen-bond acceptors (Lipinski definition) is 6. The Labute approximate surface area is 197 Å². The number of anilines is 2.